The summed E-state index contributed by atoms with van der Waals surface area (Å²) in [5.41, 5.74) is 1.61. The molecule has 1 aromatic heterocycles. The van der Waals surface area contributed by atoms with Crippen molar-refractivity contribution in [3.63, 3.8) is 0 Å². The maximum absolute atomic E-state index is 12.7. The third kappa shape index (κ3) is 4.92. The number of fused-ring (bicyclic) bond motifs is 2. The van der Waals surface area contributed by atoms with Gasteiger partial charge < -0.3 is 19.5 Å². The quantitative estimate of drug-likeness (QED) is 0.477. The summed E-state index contributed by atoms with van der Waals surface area (Å²) >= 11 is 1.39. The van der Waals surface area contributed by atoms with Crippen LogP contribution in [0.2, 0.25) is 0 Å². The van der Waals surface area contributed by atoms with Crippen LogP contribution in [0, 0.1) is 5.92 Å². The highest BCUT2D eigenvalue weighted by Crippen LogP contribution is 2.40. The van der Waals surface area contributed by atoms with Crippen LogP contribution in [0.15, 0.2) is 36.4 Å². The van der Waals surface area contributed by atoms with Gasteiger partial charge in [0.2, 0.25) is 0 Å². The van der Waals surface area contributed by atoms with Gasteiger partial charge in [0.15, 0.2) is 6.61 Å². The van der Waals surface area contributed by atoms with Crippen LogP contribution in [0.5, 0.6) is 5.75 Å². The SMILES string of the molecule is CCOC(=O)c1c(NC(=O)COC(=O)c2cc3ccccc3cc2OC)sc2c1CCC(C)C2. The van der Waals surface area contributed by atoms with Crippen molar-refractivity contribution < 1.29 is 28.6 Å². The van der Waals surface area contributed by atoms with E-state index < -0.39 is 24.5 Å². The van der Waals surface area contributed by atoms with Gasteiger partial charge in [0, 0.05) is 4.88 Å². The van der Waals surface area contributed by atoms with E-state index in [4.69, 9.17) is 14.2 Å². The predicted molar refractivity (Wildman–Crippen MR) is 131 cm³/mol. The van der Waals surface area contributed by atoms with Crippen LogP contribution < -0.4 is 10.1 Å². The molecule has 0 saturated heterocycles. The molecule has 8 heteroatoms. The van der Waals surface area contributed by atoms with E-state index in [1.807, 2.05) is 24.3 Å². The number of carbonyl (C=O) groups is 3. The van der Waals surface area contributed by atoms with Crippen LogP contribution in [0.25, 0.3) is 10.8 Å². The highest BCUT2D eigenvalue weighted by atomic mass is 32.1. The number of esters is 2. The summed E-state index contributed by atoms with van der Waals surface area (Å²) in [6, 6.07) is 11.0. The molecule has 0 bridgehead atoms. The summed E-state index contributed by atoms with van der Waals surface area (Å²) in [6.45, 7) is 3.68. The number of hydrogen-bond donors (Lipinski definition) is 1. The molecule has 178 valence electrons. The number of hydrogen-bond acceptors (Lipinski definition) is 7. The van der Waals surface area contributed by atoms with E-state index in [1.54, 1.807) is 19.1 Å². The number of thiophene rings is 1. The van der Waals surface area contributed by atoms with Crippen molar-refractivity contribution in [2.24, 2.45) is 5.92 Å². The van der Waals surface area contributed by atoms with Gasteiger partial charge in [-0.05, 0) is 60.6 Å². The molecule has 0 saturated carbocycles. The number of anilines is 1. The van der Waals surface area contributed by atoms with Crippen LogP contribution in [0.1, 0.15) is 51.4 Å². The van der Waals surface area contributed by atoms with Crippen LogP contribution in [0.4, 0.5) is 5.00 Å². The van der Waals surface area contributed by atoms with Crippen molar-refractivity contribution in [3.8, 4) is 5.75 Å². The lowest BCUT2D eigenvalue weighted by Gasteiger charge is -2.18. The third-order valence-corrected chi connectivity index (χ3v) is 7.04. The molecular weight excluding hydrogens is 454 g/mol. The number of benzene rings is 2. The molecule has 1 aliphatic carbocycles. The average molecular weight is 482 g/mol. The molecule has 2 aromatic carbocycles. The fourth-order valence-corrected chi connectivity index (χ4v) is 5.59. The van der Waals surface area contributed by atoms with E-state index >= 15 is 0 Å². The maximum Gasteiger partial charge on any atom is 0.342 e. The Balaban J connectivity index is 1.49. The Labute approximate surface area is 202 Å². The Morgan fingerprint density at radius 3 is 2.53 bits per heavy atom. The molecule has 0 radical (unpaired) electrons. The molecule has 1 atom stereocenters. The minimum Gasteiger partial charge on any atom is -0.496 e. The molecule has 0 fully saturated rings. The minimum absolute atomic E-state index is 0.238. The Morgan fingerprint density at radius 2 is 1.82 bits per heavy atom. The van der Waals surface area contributed by atoms with Gasteiger partial charge in [0.1, 0.15) is 16.3 Å². The van der Waals surface area contributed by atoms with Gasteiger partial charge in [-0.1, -0.05) is 31.2 Å². The van der Waals surface area contributed by atoms with E-state index in [2.05, 4.69) is 12.2 Å². The highest BCUT2D eigenvalue weighted by molar-refractivity contribution is 7.17. The number of carbonyl (C=O) groups excluding carboxylic acids is 3. The molecule has 1 heterocycles. The van der Waals surface area contributed by atoms with Crippen LogP contribution >= 0.6 is 11.3 Å². The van der Waals surface area contributed by atoms with E-state index in [0.717, 1.165) is 40.5 Å². The average Bonchev–Trinajstić information content (AvgIpc) is 3.18. The van der Waals surface area contributed by atoms with Crippen LogP contribution in [0.3, 0.4) is 0 Å². The molecule has 34 heavy (non-hydrogen) atoms. The molecule has 1 N–H and O–H groups in total. The standard InChI is InChI=1S/C26H27NO6S/c1-4-32-26(30)23-18-10-9-15(2)11-21(18)34-24(23)27-22(28)14-33-25(29)19-12-16-7-5-6-8-17(16)13-20(19)31-3/h5-8,12-13,15H,4,9-11,14H2,1-3H3,(H,27,28). The number of amides is 1. The molecule has 1 amide bonds. The van der Waals surface area contributed by atoms with Gasteiger partial charge >= 0.3 is 11.9 Å². The van der Waals surface area contributed by atoms with E-state index in [9.17, 15) is 14.4 Å². The molecule has 0 spiro atoms. The largest absolute Gasteiger partial charge is 0.496 e. The molecular formula is C26H27NO6S. The van der Waals surface area contributed by atoms with E-state index in [1.165, 1.54) is 18.4 Å². The second-order valence-electron chi connectivity index (χ2n) is 8.30. The van der Waals surface area contributed by atoms with Crippen molar-refractivity contribution >= 4 is 45.0 Å². The van der Waals surface area contributed by atoms with Gasteiger partial charge in [-0.3, -0.25) is 4.79 Å². The zero-order valence-electron chi connectivity index (χ0n) is 19.4. The van der Waals surface area contributed by atoms with Crippen LogP contribution in [-0.4, -0.2) is 38.2 Å². The zero-order chi connectivity index (χ0) is 24.2. The van der Waals surface area contributed by atoms with Gasteiger partial charge in [0.25, 0.3) is 5.91 Å². The van der Waals surface area contributed by atoms with E-state index in [-0.39, 0.29) is 12.2 Å². The number of ether oxygens (including phenoxy) is 3. The first-order valence-electron chi connectivity index (χ1n) is 11.3. The first-order valence-corrected chi connectivity index (χ1v) is 12.1. The van der Waals surface area contributed by atoms with E-state index in [0.29, 0.717) is 22.2 Å². The fraction of sp³-hybridized carbons (Fsp3) is 0.346. The fourth-order valence-electron chi connectivity index (χ4n) is 4.18. The maximum atomic E-state index is 12.7. The number of rotatable bonds is 7. The molecule has 1 aliphatic rings. The smallest absolute Gasteiger partial charge is 0.342 e. The summed E-state index contributed by atoms with van der Waals surface area (Å²) < 4.78 is 15.9. The Hall–Kier alpha value is -3.39. The summed E-state index contributed by atoms with van der Waals surface area (Å²) in [5.74, 6) is -0.743. The molecule has 4 rings (SSSR count). The van der Waals surface area contributed by atoms with Crippen molar-refractivity contribution in [2.45, 2.75) is 33.1 Å². The summed E-state index contributed by atoms with van der Waals surface area (Å²) in [6.07, 6.45) is 2.61. The summed E-state index contributed by atoms with van der Waals surface area (Å²) in [5, 5.41) is 4.99. The van der Waals surface area contributed by atoms with Gasteiger partial charge in [0.05, 0.1) is 19.3 Å². The number of methoxy groups -OCH3 is 1. The van der Waals surface area contributed by atoms with Gasteiger partial charge in [-0.2, -0.15) is 0 Å². The monoisotopic (exact) mass is 481 g/mol. The first kappa shape index (κ1) is 23.8. The lowest BCUT2D eigenvalue weighted by Crippen LogP contribution is -2.22. The highest BCUT2D eigenvalue weighted by Gasteiger charge is 2.29. The molecule has 1 unspecified atom stereocenters. The van der Waals surface area contributed by atoms with Crippen LogP contribution in [-0.2, 0) is 27.1 Å². The first-order chi connectivity index (χ1) is 16.4. The molecule has 7 nitrogen and oxygen atoms in total. The predicted octanol–water partition coefficient (Wildman–Crippen LogP) is 5.01. The van der Waals surface area contributed by atoms with Crippen molar-refractivity contribution in [2.75, 3.05) is 25.6 Å². The second-order valence-corrected chi connectivity index (χ2v) is 9.41. The number of nitrogens with one attached hydrogen (secondary N) is 1. The van der Waals surface area contributed by atoms with Crippen molar-refractivity contribution in [1.29, 1.82) is 0 Å². The third-order valence-electron chi connectivity index (χ3n) is 5.87. The Kier molecular flexibility index (Phi) is 7.17. The molecule has 0 aliphatic heterocycles. The van der Waals surface area contributed by atoms with Crippen molar-refractivity contribution in [1.82, 2.24) is 0 Å². The topological polar surface area (TPSA) is 90.9 Å². The Morgan fingerprint density at radius 1 is 1.09 bits per heavy atom. The lowest BCUT2D eigenvalue weighted by molar-refractivity contribution is -0.119. The second kappa shape index (κ2) is 10.3. The van der Waals surface area contributed by atoms with Gasteiger partial charge in [-0.15, -0.1) is 11.3 Å². The molecule has 3 aromatic rings. The zero-order valence-corrected chi connectivity index (χ0v) is 20.3. The van der Waals surface area contributed by atoms with Crippen molar-refractivity contribution in [3.05, 3.63) is 58.0 Å². The Bertz CT molecular complexity index is 1250. The lowest BCUT2D eigenvalue weighted by atomic mass is 9.88. The van der Waals surface area contributed by atoms with Gasteiger partial charge in [-0.25, -0.2) is 9.59 Å². The summed E-state index contributed by atoms with van der Waals surface area (Å²) in [7, 11) is 1.48. The minimum atomic E-state index is -0.664. The normalized spacial score (nSPS) is 14.9. The summed E-state index contributed by atoms with van der Waals surface area (Å²) in [4.78, 5) is 39.1.